The molecule has 6 heteroatoms. The van der Waals surface area contributed by atoms with Crippen molar-refractivity contribution in [1.29, 1.82) is 5.26 Å². The molecule has 0 amide bonds. The van der Waals surface area contributed by atoms with Gasteiger partial charge in [0.25, 0.3) is 0 Å². The van der Waals surface area contributed by atoms with Gasteiger partial charge in [-0.1, -0.05) is 6.07 Å². The summed E-state index contributed by atoms with van der Waals surface area (Å²) < 4.78 is 25.5. The fourth-order valence-electron chi connectivity index (χ4n) is 1.70. The van der Waals surface area contributed by atoms with E-state index in [1.165, 1.54) is 10.4 Å². The van der Waals surface area contributed by atoms with Crippen LogP contribution in [0.15, 0.2) is 23.1 Å². The number of benzene rings is 1. The van der Waals surface area contributed by atoms with Crippen molar-refractivity contribution in [1.82, 2.24) is 4.31 Å². The Labute approximate surface area is 100.0 Å². The zero-order valence-electron chi connectivity index (χ0n) is 9.29. The number of nitriles is 1. The molecular weight excluding hydrogens is 240 g/mol. The first-order valence-corrected chi connectivity index (χ1v) is 6.58. The molecule has 2 rings (SSSR count). The molecular formula is C11H12N2O3S. The summed E-state index contributed by atoms with van der Waals surface area (Å²) in [5, 5.41) is 17.9. The lowest BCUT2D eigenvalue weighted by atomic mass is 10.2. The van der Waals surface area contributed by atoms with E-state index in [9.17, 15) is 8.42 Å². The van der Waals surface area contributed by atoms with Crippen molar-refractivity contribution in [3.05, 3.63) is 29.3 Å². The number of hydrogen-bond donors (Lipinski definition) is 1. The molecule has 1 aromatic rings. The second-order valence-corrected chi connectivity index (χ2v) is 5.97. The van der Waals surface area contributed by atoms with Gasteiger partial charge < -0.3 is 5.11 Å². The predicted octanol–water partition coefficient (Wildman–Crippen LogP) is 0.232. The lowest BCUT2D eigenvalue weighted by molar-refractivity contribution is 0.0547. The third-order valence-electron chi connectivity index (χ3n) is 2.76. The largest absolute Gasteiger partial charge is 0.390 e. The van der Waals surface area contributed by atoms with Crippen molar-refractivity contribution in [2.75, 3.05) is 13.1 Å². The van der Waals surface area contributed by atoms with Gasteiger partial charge in [-0.2, -0.15) is 9.57 Å². The fraction of sp³-hybridized carbons (Fsp3) is 0.364. The van der Waals surface area contributed by atoms with Crippen LogP contribution in [0.5, 0.6) is 0 Å². The van der Waals surface area contributed by atoms with E-state index in [1.807, 2.05) is 6.07 Å². The summed E-state index contributed by atoms with van der Waals surface area (Å²) in [6, 6.07) is 6.48. The van der Waals surface area contributed by atoms with E-state index in [2.05, 4.69) is 0 Å². The Morgan fingerprint density at radius 3 is 2.65 bits per heavy atom. The predicted molar refractivity (Wildman–Crippen MR) is 60.7 cm³/mol. The van der Waals surface area contributed by atoms with Crippen molar-refractivity contribution in [2.24, 2.45) is 0 Å². The topological polar surface area (TPSA) is 81.4 Å². The molecule has 0 aliphatic carbocycles. The summed E-state index contributed by atoms with van der Waals surface area (Å²) >= 11 is 0. The Bertz CT molecular complexity index is 583. The molecule has 1 aliphatic rings. The van der Waals surface area contributed by atoms with Gasteiger partial charge in [-0.15, -0.1) is 0 Å². The van der Waals surface area contributed by atoms with Crippen LogP contribution in [0.2, 0.25) is 0 Å². The summed E-state index contributed by atoms with van der Waals surface area (Å²) in [5.74, 6) is 0. The Kier molecular flexibility index (Phi) is 2.91. The second-order valence-electron chi connectivity index (χ2n) is 4.07. The monoisotopic (exact) mass is 252 g/mol. The molecule has 0 bridgehead atoms. The lowest BCUT2D eigenvalue weighted by Gasteiger charge is -2.34. The minimum atomic E-state index is -3.58. The number of aliphatic hydroxyl groups excluding tert-OH is 1. The van der Waals surface area contributed by atoms with Crippen molar-refractivity contribution in [2.45, 2.75) is 17.9 Å². The fourth-order valence-corrected chi connectivity index (χ4v) is 3.47. The minimum absolute atomic E-state index is 0.124. The molecule has 90 valence electrons. The van der Waals surface area contributed by atoms with E-state index >= 15 is 0 Å². The highest BCUT2D eigenvalue weighted by molar-refractivity contribution is 7.89. The van der Waals surface area contributed by atoms with Crippen molar-refractivity contribution >= 4 is 10.0 Å². The molecule has 0 spiro atoms. The van der Waals surface area contributed by atoms with Crippen molar-refractivity contribution in [3.8, 4) is 6.07 Å². The summed E-state index contributed by atoms with van der Waals surface area (Å²) in [5.41, 5.74) is 0.917. The van der Waals surface area contributed by atoms with E-state index in [0.717, 1.165) is 0 Å². The molecule has 0 radical (unpaired) electrons. The summed E-state index contributed by atoms with van der Waals surface area (Å²) in [6.07, 6.45) is -0.579. The molecule has 0 saturated carbocycles. The standard InChI is InChI=1S/C11H12N2O3S/c1-8-2-3-9(5-12)4-11(8)17(15,16)13-6-10(14)7-13/h2-4,10,14H,6-7H2,1H3. The molecule has 1 fully saturated rings. The highest BCUT2D eigenvalue weighted by Gasteiger charge is 2.36. The average Bonchev–Trinajstić information content (AvgIpc) is 2.25. The maximum Gasteiger partial charge on any atom is 0.243 e. The second kappa shape index (κ2) is 4.11. The Morgan fingerprint density at radius 1 is 1.47 bits per heavy atom. The van der Waals surface area contributed by atoms with E-state index in [-0.39, 0.29) is 18.0 Å². The van der Waals surface area contributed by atoms with E-state index in [1.54, 1.807) is 19.1 Å². The Hall–Kier alpha value is -1.42. The van der Waals surface area contributed by atoms with Crippen molar-refractivity contribution in [3.63, 3.8) is 0 Å². The lowest BCUT2D eigenvalue weighted by Crippen LogP contribution is -2.53. The maximum absolute atomic E-state index is 12.2. The molecule has 1 saturated heterocycles. The van der Waals surface area contributed by atoms with Gasteiger partial charge in [-0.05, 0) is 24.6 Å². The SMILES string of the molecule is Cc1ccc(C#N)cc1S(=O)(=O)N1CC(O)C1. The molecule has 5 nitrogen and oxygen atoms in total. The van der Waals surface area contributed by atoms with Crippen LogP contribution in [-0.4, -0.2) is 37.0 Å². The summed E-state index contributed by atoms with van der Waals surface area (Å²) in [4.78, 5) is 0.142. The number of aryl methyl sites for hydroxylation is 1. The third-order valence-corrected chi connectivity index (χ3v) is 4.74. The number of rotatable bonds is 2. The van der Waals surface area contributed by atoms with Crippen LogP contribution in [0.25, 0.3) is 0 Å². The van der Waals surface area contributed by atoms with Gasteiger partial charge in [-0.25, -0.2) is 8.42 Å². The smallest absolute Gasteiger partial charge is 0.243 e. The highest BCUT2D eigenvalue weighted by Crippen LogP contribution is 2.24. The molecule has 0 unspecified atom stereocenters. The first-order valence-electron chi connectivity index (χ1n) is 5.14. The first-order chi connectivity index (χ1) is 7.95. The molecule has 17 heavy (non-hydrogen) atoms. The maximum atomic E-state index is 12.2. The van der Waals surface area contributed by atoms with Crippen LogP contribution in [0, 0.1) is 18.3 Å². The van der Waals surface area contributed by atoms with Crippen LogP contribution in [0.3, 0.4) is 0 Å². The molecule has 1 heterocycles. The van der Waals surface area contributed by atoms with Crippen LogP contribution in [0.1, 0.15) is 11.1 Å². The summed E-state index contributed by atoms with van der Waals surface area (Å²) in [7, 11) is -3.58. The molecule has 1 N–H and O–H groups in total. The van der Waals surface area contributed by atoms with Gasteiger partial charge in [0.15, 0.2) is 0 Å². The zero-order valence-corrected chi connectivity index (χ0v) is 10.1. The average molecular weight is 252 g/mol. The van der Waals surface area contributed by atoms with Crippen molar-refractivity contribution < 1.29 is 13.5 Å². The normalized spacial score (nSPS) is 17.5. The van der Waals surface area contributed by atoms with Crippen LogP contribution >= 0.6 is 0 Å². The number of nitrogens with zero attached hydrogens (tertiary/aromatic N) is 2. The zero-order chi connectivity index (χ0) is 12.6. The highest BCUT2D eigenvalue weighted by atomic mass is 32.2. The molecule has 0 atom stereocenters. The van der Waals surface area contributed by atoms with Crippen LogP contribution in [-0.2, 0) is 10.0 Å². The van der Waals surface area contributed by atoms with Gasteiger partial charge in [0, 0.05) is 13.1 Å². The number of sulfonamides is 1. The number of β-amino-alcohol motifs (C(OH)–C–C–N with tert-alkyl or cyclic N) is 1. The Balaban J connectivity index is 2.43. The van der Waals surface area contributed by atoms with Gasteiger partial charge >= 0.3 is 0 Å². The third kappa shape index (κ3) is 2.05. The van der Waals surface area contributed by atoms with E-state index < -0.39 is 16.1 Å². The first kappa shape index (κ1) is 12.0. The molecule has 1 aliphatic heterocycles. The van der Waals surface area contributed by atoms with Crippen LogP contribution in [0.4, 0.5) is 0 Å². The van der Waals surface area contributed by atoms with E-state index in [0.29, 0.717) is 11.1 Å². The number of aliphatic hydroxyl groups is 1. The van der Waals surface area contributed by atoms with Gasteiger partial charge in [-0.3, -0.25) is 0 Å². The minimum Gasteiger partial charge on any atom is -0.390 e. The van der Waals surface area contributed by atoms with Gasteiger partial charge in [0.05, 0.1) is 22.6 Å². The van der Waals surface area contributed by atoms with Crippen LogP contribution < -0.4 is 0 Å². The quantitative estimate of drug-likeness (QED) is 0.817. The Morgan fingerprint density at radius 2 is 2.12 bits per heavy atom. The molecule has 1 aromatic carbocycles. The van der Waals surface area contributed by atoms with Gasteiger partial charge in [0.2, 0.25) is 10.0 Å². The van der Waals surface area contributed by atoms with E-state index in [4.69, 9.17) is 10.4 Å². The molecule has 0 aromatic heterocycles. The summed E-state index contributed by atoms with van der Waals surface area (Å²) in [6.45, 7) is 1.93. The number of hydrogen-bond acceptors (Lipinski definition) is 4. The van der Waals surface area contributed by atoms with Gasteiger partial charge in [0.1, 0.15) is 0 Å².